The van der Waals surface area contributed by atoms with E-state index in [1.165, 1.54) is 0 Å². The van der Waals surface area contributed by atoms with Crippen molar-refractivity contribution in [1.82, 2.24) is 0 Å². The maximum absolute atomic E-state index is 2.00. The van der Waals surface area contributed by atoms with Crippen molar-refractivity contribution in [3.63, 3.8) is 0 Å². The van der Waals surface area contributed by atoms with Gasteiger partial charge in [-0.15, -0.1) is 0 Å². The molecule has 6 aliphatic carbocycles. The SMILES string of the molecule is O.O.O.[CH]1[CH][CH][CH][CH]1.[CH]1[CH][CH][CH][CH]1.[CH]1[CH][CH][CH][CH]1.[CH]1[CH][CH][CH][CH]1.[CH]1[CH][CH][CH][CH]1.[CH]1[CH][CH][CH][CH]1.[Zr].[Zr].[Zr]. The molecule has 30 radical (unpaired) electrons. The van der Waals surface area contributed by atoms with Crippen LogP contribution in [0.4, 0.5) is 0 Å². The molecule has 36 heavy (non-hydrogen) atoms. The van der Waals surface area contributed by atoms with Crippen LogP contribution in [0.25, 0.3) is 0 Å². The average Bonchev–Trinajstić information content (AvgIpc) is 3.69. The number of rotatable bonds is 0. The van der Waals surface area contributed by atoms with Crippen LogP contribution in [0.3, 0.4) is 0 Å². The molecule has 3 nitrogen and oxygen atoms in total. The zero-order valence-corrected chi connectivity index (χ0v) is 27.7. The standard InChI is InChI=1S/6C5H5.3H2O.3Zr/c6*1-2-4-5-3-1;;;;;;/h6*1-5H;3*1H2;;;. The van der Waals surface area contributed by atoms with Crippen LogP contribution in [0.2, 0.25) is 0 Å². The summed E-state index contributed by atoms with van der Waals surface area (Å²) in [6.45, 7) is 0. The predicted molar refractivity (Wildman–Crippen MR) is 140 cm³/mol. The van der Waals surface area contributed by atoms with E-state index in [0.717, 1.165) is 0 Å². The quantitative estimate of drug-likeness (QED) is 0.366. The summed E-state index contributed by atoms with van der Waals surface area (Å²) < 4.78 is 0. The molecule has 6 rings (SSSR count). The number of hydrogen-bond acceptors (Lipinski definition) is 0. The van der Waals surface area contributed by atoms with Gasteiger partial charge in [0.1, 0.15) is 0 Å². The predicted octanol–water partition coefficient (Wildman–Crippen LogP) is 3.65. The van der Waals surface area contributed by atoms with E-state index in [4.69, 9.17) is 0 Å². The van der Waals surface area contributed by atoms with Gasteiger partial charge in [-0.05, 0) is 193 Å². The van der Waals surface area contributed by atoms with Crippen LogP contribution in [0.1, 0.15) is 0 Å². The molecule has 0 atom stereocenters. The van der Waals surface area contributed by atoms with E-state index < -0.39 is 0 Å². The van der Waals surface area contributed by atoms with Gasteiger partial charge in [-0.3, -0.25) is 0 Å². The molecule has 0 bridgehead atoms. The molecule has 0 saturated heterocycles. The van der Waals surface area contributed by atoms with E-state index >= 15 is 0 Å². The molecular formula is C30H36O3Zr3. The van der Waals surface area contributed by atoms with Gasteiger partial charge >= 0.3 is 0 Å². The molecule has 0 aromatic carbocycles. The molecule has 0 spiro atoms. The third kappa shape index (κ3) is 43.6. The van der Waals surface area contributed by atoms with E-state index in [9.17, 15) is 0 Å². The molecule has 0 aromatic rings. The maximum Gasteiger partial charge on any atom is 0 e. The third-order valence-corrected chi connectivity index (χ3v) is 3.33. The fourth-order valence-electron chi connectivity index (χ4n) is 1.92. The fourth-order valence-corrected chi connectivity index (χ4v) is 1.92. The van der Waals surface area contributed by atoms with E-state index in [1.807, 2.05) is 193 Å². The minimum atomic E-state index is 0. The smallest absolute Gasteiger partial charge is 0 e. The van der Waals surface area contributed by atoms with Crippen molar-refractivity contribution in [3.8, 4) is 0 Å². The minimum absolute atomic E-state index is 0. The summed E-state index contributed by atoms with van der Waals surface area (Å²) in [6, 6.07) is 0. The van der Waals surface area contributed by atoms with Crippen molar-refractivity contribution in [2.45, 2.75) is 0 Å². The molecule has 0 heterocycles. The van der Waals surface area contributed by atoms with E-state index in [-0.39, 0.29) is 95.0 Å². The van der Waals surface area contributed by atoms with Gasteiger partial charge in [0.2, 0.25) is 0 Å². The second-order valence-electron chi connectivity index (χ2n) is 5.77. The second kappa shape index (κ2) is 47.3. The molecule has 0 unspecified atom stereocenters. The van der Waals surface area contributed by atoms with Crippen molar-refractivity contribution < 1.29 is 95.0 Å². The molecule has 6 heteroatoms. The van der Waals surface area contributed by atoms with Gasteiger partial charge in [0.15, 0.2) is 0 Å². The molecule has 6 aliphatic rings. The first-order valence-electron chi connectivity index (χ1n) is 10.0. The molecule has 0 aromatic heterocycles. The van der Waals surface area contributed by atoms with Crippen molar-refractivity contribution in [1.29, 1.82) is 0 Å². The largest absolute Gasteiger partial charge is 0.412 e. The molecule has 0 amide bonds. The van der Waals surface area contributed by atoms with Crippen LogP contribution in [0.5, 0.6) is 0 Å². The van der Waals surface area contributed by atoms with Crippen LogP contribution in [-0.4, -0.2) is 16.4 Å². The molecule has 186 valence electrons. The van der Waals surface area contributed by atoms with Gasteiger partial charge in [-0.1, -0.05) is 0 Å². The Morgan fingerprint density at radius 2 is 0.139 bits per heavy atom. The molecule has 6 saturated carbocycles. The monoisotopic (exact) mass is 714 g/mol. The summed E-state index contributed by atoms with van der Waals surface area (Å²) in [4.78, 5) is 0. The summed E-state index contributed by atoms with van der Waals surface area (Å²) in [7, 11) is 0. The molecule has 6 fully saturated rings. The molecule has 6 N–H and O–H groups in total. The van der Waals surface area contributed by atoms with Gasteiger partial charge < -0.3 is 16.4 Å². The summed E-state index contributed by atoms with van der Waals surface area (Å²) in [5, 5.41) is 0. The Morgan fingerprint density at radius 3 is 0.167 bits per heavy atom. The Labute approximate surface area is 285 Å². The Hall–Kier alpha value is 2.53. The summed E-state index contributed by atoms with van der Waals surface area (Å²) in [5.41, 5.74) is 0. The Morgan fingerprint density at radius 1 is 0.111 bits per heavy atom. The van der Waals surface area contributed by atoms with Gasteiger partial charge in [-0.25, -0.2) is 0 Å². The van der Waals surface area contributed by atoms with Crippen LogP contribution in [-0.2, 0) is 78.6 Å². The maximum atomic E-state index is 2.00. The van der Waals surface area contributed by atoms with Gasteiger partial charge in [0.25, 0.3) is 0 Å². The van der Waals surface area contributed by atoms with Crippen molar-refractivity contribution >= 4 is 0 Å². The van der Waals surface area contributed by atoms with Gasteiger partial charge in [-0.2, -0.15) is 0 Å². The normalized spacial score (nSPS) is 20.0. The van der Waals surface area contributed by atoms with Gasteiger partial charge in [0, 0.05) is 78.6 Å². The van der Waals surface area contributed by atoms with E-state index in [2.05, 4.69) is 0 Å². The zero-order valence-electron chi connectivity index (χ0n) is 20.3. The average molecular weight is 718 g/mol. The minimum Gasteiger partial charge on any atom is -0.412 e. The van der Waals surface area contributed by atoms with Gasteiger partial charge in [0.05, 0.1) is 0 Å². The fraction of sp³-hybridized carbons (Fsp3) is 0. The first-order valence-corrected chi connectivity index (χ1v) is 10.0. The zero-order chi connectivity index (χ0) is 21.2. The first-order chi connectivity index (χ1) is 15.0. The first kappa shape index (κ1) is 51.3. The second-order valence-corrected chi connectivity index (χ2v) is 5.77. The molecule has 0 aliphatic heterocycles. The van der Waals surface area contributed by atoms with Crippen molar-refractivity contribution in [2.24, 2.45) is 0 Å². The van der Waals surface area contributed by atoms with Crippen molar-refractivity contribution in [2.75, 3.05) is 0 Å². The third-order valence-electron chi connectivity index (χ3n) is 3.33. The van der Waals surface area contributed by atoms with E-state index in [0.29, 0.717) is 0 Å². The Bertz CT molecular complexity index is 177. The Kier molecular flexibility index (Phi) is 67.4. The van der Waals surface area contributed by atoms with Crippen molar-refractivity contribution in [3.05, 3.63) is 193 Å². The summed E-state index contributed by atoms with van der Waals surface area (Å²) >= 11 is 0. The van der Waals surface area contributed by atoms with Crippen LogP contribution < -0.4 is 0 Å². The van der Waals surface area contributed by atoms with Crippen LogP contribution in [0.15, 0.2) is 0 Å². The van der Waals surface area contributed by atoms with E-state index in [1.54, 1.807) is 0 Å². The Balaban J connectivity index is -0.0000000726. The molecular weight excluding hydrogens is 682 g/mol. The van der Waals surface area contributed by atoms with Crippen LogP contribution >= 0.6 is 0 Å². The van der Waals surface area contributed by atoms with Crippen LogP contribution in [0, 0.1) is 193 Å². The topological polar surface area (TPSA) is 94.5 Å². The summed E-state index contributed by atoms with van der Waals surface area (Å²) in [5.74, 6) is 0. The number of hydrogen-bond donors (Lipinski definition) is 0. The summed E-state index contributed by atoms with van der Waals surface area (Å²) in [6.07, 6.45) is 60.0.